The first-order chi connectivity index (χ1) is 10.7. The van der Waals surface area contributed by atoms with E-state index in [9.17, 15) is 18.4 Å². The number of alkyl halides is 2. The Morgan fingerprint density at radius 2 is 2.04 bits per heavy atom. The standard InChI is InChI=1S/C16H19F2N3O2/c1-11-3-4-13(7-19-11)21-6-5-15(14(21)23)8-16(17,18)10-20(9-15)12(2)22/h3-4,7H,5-6,8-10H2,1-2H3/t15-/m0/s1. The van der Waals surface area contributed by atoms with Crippen LogP contribution in [0.15, 0.2) is 18.3 Å². The third-order valence-corrected chi connectivity index (χ3v) is 4.68. The smallest absolute Gasteiger partial charge is 0.266 e. The first kappa shape index (κ1) is 15.8. The highest BCUT2D eigenvalue weighted by molar-refractivity contribution is 6.00. The van der Waals surface area contributed by atoms with Crippen LogP contribution in [0.3, 0.4) is 0 Å². The van der Waals surface area contributed by atoms with Crippen LogP contribution < -0.4 is 4.90 Å². The van der Waals surface area contributed by atoms with E-state index in [0.29, 0.717) is 18.7 Å². The van der Waals surface area contributed by atoms with Crippen LogP contribution >= 0.6 is 0 Å². The number of hydrogen-bond acceptors (Lipinski definition) is 3. The van der Waals surface area contributed by atoms with Crippen LogP contribution in [0.2, 0.25) is 0 Å². The predicted molar refractivity (Wildman–Crippen MR) is 80.2 cm³/mol. The van der Waals surface area contributed by atoms with Gasteiger partial charge in [-0.3, -0.25) is 14.6 Å². The molecular formula is C16H19F2N3O2. The van der Waals surface area contributed by atoms with Gasteiger partial charge in [-0.1, -0.05) is 0 Å². The van der Waals surface area contributed by atoms with Crippen molar-refractivity contribution < 1.29 is 18.4 Å². The van der Waals surface area contributed by atoms with E-state index in [0.717, 1.165) is 10.6 Å². The number of aromatic nitrogens is 1. The van der Waals surface area contributed by atoms with Crippen molar-refractivity contribution in [2.45, 2.75) is 32.6 Å². The molecule has 2 saturated heterocycles. The molecule has 5 nitrogen and oxygen atoms in total. The molecule has 3 heterocycles. The Bertz CT molecular complexity index is 647. The van der Waals surface area contributed by atoms with E-state index < -0.39 is 30.2 Å². The molecule has 0 N–H and O–H groups in total. The van der Waals surface area contributed by atoms with Crippen molar-refractivity contribution in [2.75, 3.05) is 24.5 Å². The lowest BCUT2D eigenvalue weighted by Crippen LogP contribution is -2.56. The number of nitrogens with zero attached hydrogens (tertiary/aromatic N) is 3. The quantitative estimate of drug-likeness (QED) is 0.794. The van der Waals surface area contributed by atoms with Gasteiger partial charge in [0, 0.05) is 32.1 Å². The monoisotopic (exact) mass is 323 g/mol. The maximum Gasteiger partial charge on any atom is 0.266 e. The molecule has 1 spiro atoms. The number of carbonyl (C=O) groups excluding carboxylic acids is 2. The van der Waals surface area contributed by atoms with Crippen molar-refractivity contribution in [3.8, 4) is 0 Å². The Kier molecular flexibility index (Phi) is 3.61. The highest BCUT2D eigenvalue weighted by Gasteiger charge is 2.57. The summed E-state index contributed by atoms with van der Waals surface area (Å²) in [7, 11) is 0. The summed E-state index contributed by atoms with van der Waals surface area (Å²) in [5.41, 5.74) is 0.237. The second-order valence-electron chi connectivity index (χ2n) is 6.55. The zero-order valence-electron chi connectivity index (χ0n) is 13.2. The SMILES string of the molecule is CC(=O)N1CC(F)(F)C[C@@]2(CCN(c3ccc(C)nc3)C2=O)C1. The third-order valence-electron chi connectivity index (χ3n) is 4.68. The summed E-state index contributed by atoms with van der Waals surface area (Å²) in [4.78, 5) is 31.2. The van der Waals surface area contributed by atoms with Crippen molar-refractivity contribution in [1.82, 2.24) is 9.88 Å². The largest absolute Gasteiger partial charge is 0.336 e. The molecule has 0 aliphatic carbocycles. The van der Waals surface area contributed by atoms with Gasteiger partial charge in [0.25, 0.3) is 5.92 Å². The summed E-state index contributed by atoms with van der Waals surface area (Å²) in [5.74, 6) is -3.80. The van der Waals surface area contributed by atoms with Crippen LogP contribution in [0.5, 0.6) is 0 Å². The van der Waals surface area contributed by atoms with Gasteiger partial charge in [0.1, 0.15) is 0 Å². The van der Waals surface area contributed by atoms with Crippen molar-refractivity contribution >= 4 is 17.5 Å². The lowest BCUT2D eigenvalue weighted by Gasteiger charge is -2.42. The summed E-state index contributed by atoms with van der Waals surface area (Å²) in [6, 6.07) is 3.55. The summed E-state index contributed by atoms with van der Waals surface area (Å²) in [6.07, 6.45) is 1.40. The number of pyridine rings is 1. The van der Waals surface area contributed by atoms with Gasteiger partial charge in [0.05, 0.1) is 23.8 Å². The van der Waals surface area contributed by atoms with Crippen LogP contribution in [0.1, 0.15) is 25.5 Å². The minimum absolute atomic E-state index is 0.0621. The summed E-state index contributed by atoms with van der Waals surface area (Å²) in [6.45, 7) is 2.92. The molecule has 0 unspecified atom stereocenters. The average molecular weight is 323 g/mol. The van der Waals surface area contributed by atoms with Gasteiger partial charge >= 0.3 is 0 Å². The molecule has 2 amide bonds. The van der Waals surface area contributed by atoms with Crippen molar-refractivity contribution in [2.24, 2.45) is 5.41 Å². The molecule has 0 bridgehead atoms. The second kappa shape index (κ2) is 5.25. The van der Waals surface area contributed by atoms with E-state index in [1.807, 2.05) is 6.92 Å². The first-order valence-corrected chi connectivity index (χ1v) is 7.60. The van der Waals surface area contributed by atoms with Gasteiger partial charge in [-0.2, -0.15) is 0 Å². The maximum atomic E-state index is 14.1. The Hall–Kier alpha value is -2.05. The molecule has 7 heteroatoms. The normalized spacial score (nSPS) is 26.9. The van der Waals surface area contributed by atoms with Crippen molar-refractivity contribution in [3.05, 3.63) is 24.0 Å². The number of aryl methyl sites for hydroxylation is 1. The van der Waals surface area contributed by atoms with Gasteiger partial charge in [-0.15, -0.1) is 0 Å². The molecule has 3 rings (SSSR count). The van der Waals surface area contributed by atoms with E-state index in [-0.39, 0.29) is 12.5 Å². The van der Waals surface area contributed by atoms with Crippen LogP contribution in [-0.4, -0.2) is 47.3 Å². The summed E-state index contributed by atoms with van der Waals surface area (Å²) in [5, 5.41) is 0. The number of rotatable bonds is 1. The molecule has 2 aliphatic heterocycles. The van der Waals surface area contributed by atoms with E-state index in [1.54, 1.807) is 18.3 Å². The van der Waals surface area contributed by atoms with Gasteiger partial charge in [0.15, 0.2) is 0 Å². The van der Waals surface area contributed by atoms with E-state index in [4.69, 9.17) is 0 Å². The summed E-state index contributed by atoms with van der Waals surface area (Å²) < 4.78 is 28.2. The van der Waals surface area contributed by atoms with Crippen LogP contribution in [0.4, 0.5) is 14.5 Å². The predicted octanol–water partition coefficient (Wildman–Crippen LogP) is 2.00. The maximum absolute atomic E-state index is 14.1. The lowest BCUT2D eigenvalue weighted by atomic mass is 9.77. The van der Waals surface area contributed by atoms with Gasteiger partial charge in [0.2, 0.25) is 11.8 Å². The van der Waals surface area contributed by atoms with Crippen molar-refractivity contribution in [3.63, 3.8) is 0 Å². The number of carbonyl (C=O) groups is 2. The van der Waals surface area contributed by atoms with Gasteiger partial charge in [-0.25, -0.2) is 8.78 Å². The Balaban J connectivity index is 1.89. The fourth-order valence-electron chi connectivity index (χ4n) is 3.53. The van der Waals surface area contributed by atoms with Crippen LogP contribution in [-0.2, 0) is 9.59 Å². The lowest BCUT2D eigenvalue weighted by molar-refractivity contribution is -0.158. The molecule has 1 atom stereocenters. The van der Waals surface area contributed by atoms with Crippen LogP contribution in [0.25, 0.3) is 0 Å². The fraction of sp³-hybridized carbons (Fsp3) is 0.562. The zero-order chi connectivity index (χ0) is 16.8. The number of piperidine rings is 1. The molecule has 0 saturated carbocycles. The molecule has 1 aromatic rings. The molecule has 23 heavy (non-hydrogen) atoms. The fourth-order valence-corrected chi connectivity index (χ4v) is 3.53. The van der Waals surface area contributed by atoms with E-state index >= 15 is 0 Å². The number of hydrogen-bond donors (Lipinski definition) is 0. The molecule has 124 valence electrons. The number of anilines is 1. The van der Waals surface area contributed by atoms with E-state index in [2.05, 4.69) is 4.98 Å². The molecule has 1 aromatic heterocycles. The Morgan fingerprint density at radius 3 is 2.65 bits per heavy atom. The Labute approximate surface area is 133 Å². The van der Waals surface area contributed by atoms with Crippen molar-refractivity contribution in [1.29, 1.82) is 0 Å². The molecule has 0 aromatic carbocycles. The highest BCUT2D eigenvalue weighted by Crippen LogP contribution is 2.46. The van der Waals surface area contributed by atoms with Gasteiger partial charge < -0.3 is 9.80 Å². The molecule has 2 aliphatic rings. The second-order valence-corrected chi connectivity index (χ2v) is 6.55. The Morgan fingerprint density at radius 1 is 1.30 bits per heavy atom. The molecule has 2 fully saturated rings. The van der Waals surface area contributed by atoms with Gasteiger partial charge in [-0.05, 0) is 25.5 Å². The molecule has 0 radical (unpaired) electrons. The number of amides is 2. The number of likely N-dealkylation sites (tertiary alicyclic amines) is 1. The minimum atomic E-state index is -3.04. The topological polar surface area (TPSA) is 53.5 Å². The van der Waals surface area contributed by atoms with E-state index in [1.165, 1.54) is 11.8 Å². The minimum Gasteiger partial charge on any atom is -0.336 e. The molecular weight excluding hydrogens is 304 g/mol. The first-order valence-electron chi connectivity index (χ1n) is 7.60. The highest BCUT2D eigenvalue weighted by atomic mass is 19.3. The zero-order valence-corrected chi connectivity index (χ0v) is 13.2. The third kappa shape index (κ3) is 2.80. The average Bonchev–Trinajstić information content (AvgIpc) is 2.75. The van der Waals surface area contributed by atoms with Crippen LogP contribution in [0, 0.1) is 12.3 Å². The number of halogens is 2. The summed E-state index contributed by atoms with van der Waals surface area (Å²) >= 11 is 0.